The zero-order valence-electron chi connectivity index (χ0n) is 15.5. The Bertz CT molecular complexity index is 689. The first-order chi connectivity index (χ1) is 12.7. The van der Waals surface area contributed by atoms with Gasteiger partial charge in [-0.05, 0) is 31.2 Å². The van der Waals surface area contributed by atoms with Crippen LogP contribution in [-0.2, 0) is 33.3 Å². The van der Waals surface area contributed by atoms with Gasteiger partial charge in [-0.3, -0.25) is 14.4 Å². The molecule has 2 N–H and O–H groups in total. The summed E-state index contributed by atoms with van der Waals surface area (Å²) in [7, 11) is 0. The van der Waals surface area contributed by atoms with Gasteiger partial charge >= 0.3 is 17.9 Å². The molecule has 1 aliphatic heterocycles. The summed E-state index contributed by atoms with van der Waals surface area (Å²) in [6.45, 7) is 5.25. The fraction of sp³-hybridized carbons (Fsp3) is 0.500. The summed E-state index contributed by atoms with van der Waals surface area (Å²) in [5, 5.41) is 0. The van der Waals surface area contributed by atoms with Crippen molar-refractivity contribution in [3.05, 3.63) is 24.3 Å². The number of esters is 3. The van der Waals surface area contributed by atoms with Gasteiger partial charge in [-0.15, -0.1) is 0 Å². The number of anilines is 1. The number of carbonyl (C=O) groups excluding carboxylic acids is 3. The summed E-state index contributed by atoms with van der Waals surface area (Å²) in [4.78, 5) is 34.6. The Hall–Kier alpha value is -2.81. The molecular weight excluding hydrogens is 358 g/mol. The number of nitrogens with two attached hydrogens (primary N) is 1. The van der Waals surface area contributed by atoms with Crippen LogP contribution < -0.4 is 10.5 Å². The van der Waals surface area contributed by atoms with Gasteiger partial charge in [0.2, 0.25) is 12.4 Å². The largest absolute Gasteiger partial charge is 0.461 e. The average Bonchev–Trinajstić information content (AvgIpc) is 2.55. The molecule has 0 aliphatic carbocycles. The van der Waals surface area contributed by atoms with Gasteiger partial charge in [0.25, 0.3) is 0 Å². The lowest BCUT2D eigenvalue weighted by Crippen LogP contribution is -2.62. The van der Waals surface area contributed by atoms with Crippen molar-refractivity contribution in [2.24, 2.45) is 0 Å². The van der Waals surface area contributed by atoms with Crippen molar-refractivity contribution in [1.29, 1.82) is 0 Å². The second-order valence-corrected chi connectivity index (χ2v) is 6.12. The molecule has 0 radical (unpaired) electrons. The van der Waals surface area contributed by atoms with Gasteiger partial charge in [-0.25, -0.2) is 0 Å². The molecule has 9 heteroatoms. The van der Waals surface area contributed by atoms with Gasteiger partial charge < -0.3 is 29.4 Å². The monoisotopic (exact) mass is 381 g/mol. The highest BCUT2D eigenvalue weighted by molar-refractivity contribution is 5.68. The molecule has 148 valence electrons. The summed E-state index contributed by atoms with van der Waals surface area (Å²) >= 11 is 0. The van der Waals surface area contributed by atoms with Crippen LogP contribution in [0.15, 0.2) is 24.3 Å². The van der Waals surface area contributed by atoms with Crippen molar-refractivity contribution in [1.82, 2.24) is 0 Å². The molecule has 1 aromatic carbocycles. The minimum Gasteiger partial charge on any atom is -0.461 e. The molecule has 1 heterocycles. The first kappa shape index (κ1) is 20.5. The minimum atomic E-state index is -1.15. The van der Waals surface area contributed by atoms with E-state index in [0.29, 0.717) is 11.4 Å². The predicted molar refractivity (Wildman–Crippen MR) is 92.5 cm³/mol. The highest BCUT2D eigenvalue weighted by atomic mass is 16.7. The predicted octanol–water partition coefficient (Wildman–Crippen LogP) is 1.19. The van der Waals surface area contributed by atoms with Crippen LogP contribution in [0.4, 0.5) is 5.69 Å². The van der Waals surface area contributed by atoms with Crippen molar-refractivity contribution in [3.8, 4) is 5.75 Å². The fourth-order valence-electron chi connectivity index (χ4n) is 2.75. The van der Waals surface area contributed by atoms with Crippen LogP contribution in [0.25, 0.3) is 0 Å². The van der Waals surface area contributed by atoms with E-state index in [4.69, 9.17) is 29.4 Å². The maximum Gasteiger partial charge on any atom is 0.303 e. The molecule has 9 nitrogen and oxygen atoms in total. The van der Waals surface area contributed by atoms with E-state index >= 15 is 0 Å². The van der Waals surface area contributed by atoms with Gasteiger partial charge in [0, 0.05) is 26.5 Å². The maximum absolute atomic E-state index is 11.6. The Morgan fingerprint density at radius 3 is 1.85 bits per heavy atom. The Balaban J connectivity index is 2.33. The summed E-state index contributed by atoms with van der Waals surface area (Å²) < 4.78 is 27.4. The molecule has 0 spiro atoms. The van der Waals surface area contributed by atoms with Crippen LogP contribution >= 0.6 is 0 Å². The topological polar surface area (TPSA) is 123 Å². The van der Waals surface area contributed by atoms with E-state index < -0.39 is 48.6 Å². The van der Waals surface area contributed by atoms with E-state index in [0.717, 1.165) is 0 Å². The summed E-state index contributed by atoms with van der Waals surface area (Å²) in [6, 6.07) is 6.50. The van der Waals surface area contributed by atoms with E-state index in [1.54, 1.807) is 31.2 Å². The van der Waals surface area contributed by atoms with Crippen LogP contribution in [0.2, 0.25) is 0 Å². The number of ether oxygens (including phenoxy) is 5. The van der Waals surface area contributed by atoms with Gasteiger partial charge in [0.1, 0.15) is 5.75 Å². The lowest BCUT2D eigenvalue weighted by Gasteiger charge is -2.43. The van der Waals surface area contributed by atoms with Gasteiger partial charge in [-0.1, -0.05) is 0 Å². The zero-order valence-corrected chi connectivity index (χ0v) is 15.5. The zero-order chi connectivity index (χ0) is 20.1. The van der Waals surface area contributed by atoms with Crippen molar-refractivity contribution in [2.75, 3.05) is 5.73 Å². The third-order valence-electron chi connectivity index (χ3n) is 3.77. The number of benzene rings is 1. The number of hydrogen-bond acceptors (Lipinski definition) is 9. The molecule has 0 bridgehead atoms. The van der Waals surface area contributed by atoms with E-state index in [-0.39, 0.29) is 0 Å². The highest BCUT2D eigenvalue weighted by Gasteiger charge is 2.51. The van der Waals surface area contributed by atoms with Crippen LogP contribution in [-0.4, -0.2) is 48.6 Å². The van der Waals surface area contributed by atoms with E-state index in [9.17, 15) is 14.4 Å². The van der Waals surface area contributed by atoms with Crippen molar-refractivity contribution in [2.45, 2.75) is 58.4 Å². The molecule has 0 aromatic heterocycles. The van der Waals surface area contributed by atoms with Crippen molar-refractivity contribution in [3.63, 3.8) is 0 Å². The SMILES string of the molecule is CC(=O)OC1C(OC(C)=O)[C@@H](OC(C)=O)C(C)O[C@H]1Oc1ccc(N)cc1. The van der Waals surface area contributed by atoms with Gasteiger partial charge in [0.15, 0.2) is 12.2 Å². The lowest BCUT2D eigenvalue weighted by atomic mass is 9.99. The molecule has 27 heavy (non-hydrogen) atoms. The van der Waals surface area contributed by atoms with Gasteiger partial charge in [-0.2, -0.15) is 0 Å². The number of carbonyl (C=O) groups is 3. The molecule has 1 fully saturated rings. The van der Waals surface area contributed by atoms with Crippen molar-refractivity contribution >= 4 is 23.6 Å². The molecule has 2 rings (SSSR count). The van der Waals surface area contributed by atoms with E-state index in [1.165, 1.54) is 20.8 Å². The second-order valence-electron chi connectivity index (χ2n) is 6.12. The third-order valence-corrected chi connectivity index (χ3v) is 3.77. The lowest BCUT2D eigenvalue weighted by molar-refractivity contribution is -0.280. The van der Waals surface area contributed by atoms with E-state index in [1.807, 2.05) is 0 Å². The Morgan fingerprint density at radius 2 is 1.33 bits per heavy atom. The van der Waals surface area contributed by atoms with Crippen LogP contribution in [0.5, 0.6) is 5.75 Å². The first-order valence-corrected chi connectivity index (χ1v) is 8.36. The summed E-state index contributed by atoms with van der Waals surface area (Å²) in [5.41, 5.74) is 6.20. The molecule has 0 amide bonds. The molecular formula is C18H23NO8. The average molecular weight is 381 g/mol. The maximum atomic E-state index is 11.6. The minimum absolute atomic E-state index is 0.408. The van der Waals surface area contributed by atoms with Crippen LogP contribution in [0, 0.1) is 0 Å². The van der Waals surface area contributed by atoms with Crippen molar-refractivity contribution < 1.29 is 38.1 Å². The fourth-order valence-corrected chi connectivity index (χ4v) is 2.75. The Kier molecular flexibility index (Phi) is 6.62. The number of hydrogen-bond donors (Lipinski definition) is 1. The Morgan fingerprint density at radius 1 is 0.852 bits per heavy atom. The Labute approximate surface area is 156 Å². The normalized spacial score (nSPS) is 27.3. The standard InChI is InChI=1S/C18H23NO8/c1-9-15(24-10(2)20)16(25-11(3)21)17(26-12(4)22)18(23-9)27-14-7-5-13(19)6-8-14/h5-9,15-18H,19H2,1-4H3/t9?,15-,16?,17?,18-/m0/s1. The molecule has 5 atom stereocenters. The molecule has 1 aromatic rings. The van der Waals surface area contributed by atoms with E-state index in [2.05, 4.69) is 0 Å². The molecule has 1 aliphatic rings. The molecule has 3 unspecified atom stereocenters. The highest BCUT2D eigenvalue weighted by Crippen LogP contribution is 2.30. The number of nitrogen functional groups attached to an aromatic ring is 1. The third kappa shape index (κ3) is 5.58. The molecule has 1 saturated heterocycles. The quantitative estimate of drug-likeness (QED) is 0.455. The summed E-state index contributed by atoms with van der Waals surface area (Å²) in [6.07, 6.45) is -5.00. The van der Waals surface area contributed by atoms with Crippen LogP contribution in [0.1, 0.15) is 27.7 Å². The number of rotatable bonds is 5. The summed E-state index contributed by atoms with van der Waals surface area (Å²) in [5.74, 6) is -1.45. The molecule has 0 saturated carbocycles. The first-order valence-electron chi connectivity index (χ1n) is 8.36. The van der Waals surface area contributed by atoms with Gasteiger partial charge in [0.05, 0.1) is 6.10 Å². The van der Waals surface area contributed by atoms with Crippen LogP contribution in [0.3, 0.4) is 0 Å². The second kappa shape index (κ2) is 8.72. The smallest absolute Gasteiger partial charge is 0.303 e.